The Morgan fingerprint density at radius 3 is 2.19 bits per heavy atom. The van der Waals surface area contributed by atoms with Crippen molar-refractivity contribution in [1.82, 2.24) is 0 Å². The lowest BCUT2D eigenvalue weighted by Gasteiger charge is -2.27. The lowest BCUT2D eigenvalue weighted by Crippen LogP contribution is -2.36. The lowest BCUT2D eigenvalue weighted by atomic mass is 10.2. The second-order valence-electron chi connectivity index (χ2n) is 4.08. The molecule has 0 heterocycles. The molecule has 0 aromatic heterocycles. The molecule has 3 nitrogen and oxygen atoms in total. The Labute approximate surface area is 105 Å². The maximum Gasteiger partial charge on any atom is 0.0687 e. The summed E-state index contributed by atoms with van der Waals surface area (Å²) >= 11 is 3.41. The average Bonchev–Trinajstić information content (AvgIpc) is 2.15. The minimum Gasteiger partial charge on any atom is -0.392 e. The Bertz CT molecular complexity index is 319. The normalized spacial score (nSPS) is 14.6. The molecule has 0 radical (unpaired) electrons. The van der Waals surface area contributed by atoms with E-state index in [4.69, 9.17) is 0 Å². The molecule has 0 aliphatic rings. The topological polar surface area (TPSA) is 43.7 Å². The van der Waals surface area contributed by atoms with E-state index in [1.807, 2.05) is 29.2 Å². The molecule has 2 N–H and O–H groups in total. The van der Waals surface area contributed by atoms with Crippen LogP contribution in [0.4, 0.5) is 5.69 Å². The van der Waals surface area contributed by atoms with Gasteiger partial charge in [0, 0.05) is 23.2 Å². The van der Waals surface area contributed by atoms with E-state index in [1.165, 1.54) is 0 Å². The summed E-state index contributed by atoms with van der Waals surface area (Å²) in [6.07, 6.45) is -0.838. The molecule has 0 aliphatic carbocycles. The zero-order valence-corrected chi connectivity index (χ0v) is 11.2. The van der Waals surface area contributed by atoms with Crippen molar-refractivity contribution < 1.29 is 10.2 Å². The van der Waals surface area contributed by atoms with Crippen molar-refractivity contribution in [2.45, 2.75) is 26.1 Å². The van der Waals surface area contributed by atoms with Gasteiger partial charge in [-0.3, -0.25) is 0 Å². The van der Waals surface area contributed by atoms with E-state index in [-0.39, 0.29) is 0 Å². The number of anilines is 1. The Balaban J connectivity index is 2.82. The van der Waals surface area contributed by atoms with Crippen molar-refractivity contribution in [1.29, 1.82) is 0 Å². The van der Waals surface area contributed by atoms with Gasteiger partial charge in [0.15, 0.2) is 0 Å². The van der Waals surface area contributed by atoms with Crippen molar-refractivity contribution in [2.24, 2.45) is 0 Å². The van der Waals surface area contributed by atoms with Gasteiger partial charge in [0.25, 0.3) is 0 Å². The van der Waals surface area contributed by atoms with E-state index in [9.17, 15) is 10.2 Å². The number of halogens is 1. The van der Waals surface area contributed by atoms with Gasteiger partial charge in [-0.15, -0.1) is 0 Å². The van der Waals surface area contributed by atoms with Crippen LogP contribution in [0.15, 0.2) is 28.7 Å². The molecule has 0 fully saturated rings. The van der Waals surface area contributed by atoms with E-state index < -0.39 is 12.2 Å². The smallest absolute Gasteiger partial charge is 0.0687 e. The number of benzene rings is 1. The number of aliphatic hydroxyl groups excluding tert-OH is 2. The molecule has 1 aromatic carbocycles. The summed E-state index contributed by atoms with van der Waals surface area (Å²) in [6, 6.07) is 7.84. The van der Waals surface area contributed by atoms with Crippen molar-refractivity contribution in [3.8, 4) is 0 Å². The first-order chi connectivity index (χ1) is 7.49. The molecule has 2 unspecified atom stereocenters. The third kappa shape index (κ3) is 4.51. The van der Waals surface area contributed by atoms with Gasteiger partial charge >= 0.3 is 0 Å². The second-order valence-corrected chi connectivity index (χ2v) is 5.00. The molecule has 90 valence electrons. The summed E-state index contributed by atoms with van der Waals surface area (Å²) in [5, 5.41) is 18.9. The number of rotatable bonds is 5. The standard InChI is InChI=1S/C12H18BrNO2/c1-9(15)7-14(8-10(2)16)12-5-3-4-11(13)6-12/h3-6,9-10,15-16H,7-8H2,1-2H3. The van der Waals surface area contributed by atoms with Gasteiger partial charge in [-0.05, 0) is 32.0 Å². The number of nitrogens with zero attached hydrogens (tertiary/aromatic N) is 1. The summed E-state index contributed by atoms with van der Waals surface area (Å²) in [6.45, 7) is 4.52. The van der Waals surface area contributed by atoms with Crippen LogP contribution in [0.3, 0.4) is 0 Å². The van der Waals surface area contributed by atoms with Crippen LogP contribution < -0.4 is 4.90 Å². The monoisotopic (exact) mass is 287 g/mol. The Hall–Kier alpha value is -0.580. The summed E-state index contributed by atoms with van der Waals surface area (Å²) in [7, 11) is 0. The average molecular weight is 288 g/mol. The Morgan fingerprint density at radius 2 is 1.75 bits per heavy atom. The van der Waals surface area contributed by atoms with Crippen LogP contribution >= 0.6 is 15.9 Å². The van der Waals surface area contributed by atoms with Crippen LogP contribution in [0.2, 0.25) is 0 Å². The molecule has 16 heavy (non-hydrogen) atoms. The maximum atomic E-state index is 9.43. The fourth-order valence-electron chi connectivity index (χ4n) is 1.60. The summed E-state index contributed by atoms with van der Waals surface area (Å²) in [5.74, 6) is 0. The van der Waals surface area contributed by atoms with Crippen LogP contribution in [0.5, 0.6) is 0 Å². The van der Waals surface area contributed by atoms with Crippen molar-refractivity contribution in [3.63, 3.8) is 0 Å². The van der Waals surface area contributed by atoms with Gasteiger partial charge in [0.1, 0.15) is 0 Å². The fourth-order valence-corrected chi connectivity index (χ4v) is 1.98. The van der Waals surface area contributed by atoms with Gasteiger partial charge in [-0.25, -0.2) is 0 Å². The van der Waals surface area contributed by atoms with Gasteiger partial charge in [0.05, 0.1) is 12.2 Å². The van der Waals surface area contributed by atoms with Gasteiger partial charge in [0.2, 0.25) is 0 Å². The largest absolute Gasteiger partial charge is 0.392 e. The van der Waals surface area contributed by atoms with Crippen LogP contribution in [0.25, 0.3) is 0 Å². The molecular formula is C12H18BrNO2. The minimum atomic E-state index is -0.419. The Kier molecular flexibility index (Phi) is 5.25. The molecule has 0 aliphatic heterocycles. The van der Waals surface area contributed by atoms with Crippen LogP contribution in [-0.4, -0.2) is 35.5 Å². The maximum absolute atomic E-state index is 9.43. The zero-order valence-electron chi connectivity index (χ0n) is 9.60. The molecule has 4 heteroatoms. The van der Waals surface area contributed by atoms with E-state index >= 15 is 0 Å². The molecular weight excluding hydrogens is 270 g/mol. The van der Waals surface area contributed by atoms with E-state index in [1.54, 1.807) is 13.8 Å². The SMILES string of the molecule is CC(O)CN(CC(C)O)c1cccc(Br)c1. The summed E-state index contributed by atoms with van der Waals surface area (Å²) in [4.78, 5) is 1.97. The summed E-state index contributed by atoms with van der Waals surface area (Å²) < 4.78 is 0.992. The molecule has 0 saturated heterocycles. The number of hydrogen-bond donors (Lipinski definition) is 2. The highest BCUT2D eigenvalue weighted by molar-refractivity contribution is 9.10. The zero-order chi connectivity index (χ0) is 12.1. The van der Waals surface area contributed by atoms with Crippen molar-refractivity contribution in [2.75, 3.05) is 18.0 Å². The third-order valence-electron chi connectivity index (χ3n) is 2.14. The first kappa shape index (κ1) is 13.5. The molecule has 1 rings (SSSR count). The molecule has 0 amide bonds. The second kappa shape index (κ2) is 6.23. The van der Waals surface area contributed by atoms with Crippen molar-refractivity contribution in [3.05, 3.63) is 28.7 Å². The molecule has 2 atom stereocenters. The number of hydrogen-bond acceptors (Lipinski definition) is 3. The van der Waals surface area contributed by atoms with Crippen LogP contribution in [0, 0.1) is 0 Å². The third-order valence-corrected chi connectivity index (χ3v) is 2.64. The minimum absolute atomic E-state index is 0.419. The quantitative estimate of drug-likeness (QED) is 0.871. The van der Waals surface area contributed by atoms with Gasteiger partial charge < -0.3 is 15.1 Å². The molecule has 0 spiro atoms. The highest BCUT2D eigenvalue weighted by atomic mass is 79.9. The first-order valence-corrected chi connectivity index (χ1v) is 6.15. The molecule has 1 aromatic rings. The van der Waals surface area contributed by atoms with E-state index in [2.05, 4.69) is 15.9 Å². The predicted molar refractivity (Wildman–Crippen MR) is 69.7 cm³/mol. The van der Waals surface area contributed by atoms with Gasteiger partial charge in [-0.2, -0.15) is 0 Å². The van der Waals surface area contributed by atoms with E-state index in [0.29, 0.717) is 13.1 Å². The predicted octanol–water partition coefficient (Wildman–Crippen LogP) is 2.02. The Morgan fingerprint density at radius 1 is 1.19 bits per heavy atom. The van der Waals surface area contributed by atoms with Crippen LogP contribution in [0.1, 0.15) is 13.8 Å². The number of aliphatic hydroxyl groups is 2. The molecule has 0 saturated carbocycles. The first-order valence-electron chi connectivity index (χ1n) is 5.35. The highest BCUT2D eigenvalue weighted by Gasteiger charge is 2.11. The highest BCUT2D eigenvalue weighted by Crippen LogP contribution is 2.20. The van der Waals surface area contributed by atoms with Crippen LogP contribution in [-0.2, 0) is 0 Å². The fraction of sp³-hybridized carbons (Fsp3) is 0.500. The molecule has 0 bridgehead atoms. The lowest BCUT2D eigenvalue weighted by molar-refractivity contribution is 0.178. The van der Waals surface area contributed by atoms with E-state index in [0.717, 1.165) is 10.2 Å². The van der Waals surface area contributed by atoms with Gasteiger partial charge in [-0.1, -0.05) is 22.0 Å². The van der Waals surface area contributed by atoms with Crippen molar-refractivity contribution >= 4 is 21.6 Å². The summed E-state index contributed by atoms with van der Waals surface area (Å²) in [5.41, 5.74) is 0.996.